The van der Waals surface area contributed by atoms with Gasteiger partial charge in [-0.25, -0.2) is 0 Å². The van der Waals surface area contributed by atoms with Gasteiger partial charge >= 0.3 is 0 Å². The highest BCUT2D eigenvalue weighted by molar-refractivity contribution is 4.92. The second kappa shape index (κ2) is 9.66. The first-order chi connectivity index (χ1) is 9.23. The lowest BCUT2D eigenvalue weighted by atomic mass is 9.88. The zero-order valence-corrected chi connectivity index (χ0v) is 12.1. The van der Waals surface area contributed by atoms with E-state index in [1.807, 2.05) is 0 Å². The third kappa shape index (κ3) is 6.19. The minimum absolute atomic E-state index is 0.292. The van der Waals surface area contributed by atoms with Crippen molar-refractivity contribution in [3.05, 3.63) is 0 Å². The van der Waals surface area contributed by atoms with E-state index in [1.54, 1.807) is 7.11 Å². The first-order valence-corrected chi connectivity index (χ1v) is 7.30. The normalized spacial score (nSPS) is 27.0. The van der Waals surface area contributed by atoms with Crippen LogP contribution in [0.5, 0.6) is 0 Å². The first kappa shape index (κ1) is 16.9. The second-order valence-electron chi connectivity index (χ2n) is 5.26. The molecule has 0 aromatic heterocycles. The molecule has 0 aliphatic heterocycles. The van der Waals surface area contributed by atoms with Crippen molar-refractivity contribution in [1.29, 1.82) is 0 Å². The minimum atomic E-state index is -0.653. The van der Waals surface area contributed by atoms with Crippen molar-refractivity contribution in [3.8, 4) is 0 Å². The molecule has 5 heteroatoms. The fourth-order valence-electron chi connectivity index (χ4n) is 2.66. The topological polar surface area (TPSA) is 73.9 Å². The van der Waals surface area contributed by atoms with Crippen LogP contribution in [-0.2, 0) is 14.2 Å². The molecule has 0 radical (unpaired) electrons. The molecule has 1 rings (SSSR count). The Kier molecular flexibility index (Phi) is 8.57. The highest BCUT2D eigenvalue weighted by Gasteiger charge is 2.39. The number of nitrogens with two attached hydrogens (primary N) is 1. The monoisotopic (exact) mass is 275 g/mol. The molecule has 5 nitrogen and oxygen atoms in total. The Morgan fingerprint density at radius 2 is 1.89 bits per heavy atom. The van der Waals surface area contributed by atoms with Crippen LogP contribution in [-0.4, -0.2) is 57.4 Å². The Hall–Kier alpha value is -0.200. The number of ether oxygens (including phenoxy) is 3. The average Bonchev–Trinajstić information content (AvgIpc) is 2.79. The van der Waals surface area contributed by atoms with Gasteiger partial charge in [0.1, 0.15) is 0 Å². The van der Waals surface area contributed by atoms with Crippen molar-refractivity contribution in [1.82, 2.24) is 0 Å². The molecule has 3 N–H and O–H groups in total. The van der Waals surface area contributed by atoms with Crippen molar-refractivity contribution >= 4 is 0 Å². The van der Waals surface area contributed by atoms with Gasteiger partial charge in [-0.05, 0) is 31.6 Å². The maximum atomic E-state index is 10.3. The van der Waals surface area contributed by atoms with Crippen molar-refractivity contribution in [3.63, 3.8) is 0 Å². The van der Waals surface area contributed by atoms with Gasteiger partial charge in [-0.15, -0.1) is 0 Å². The molecule has 0 aromatic carbocycles. The Morgan fingerprint density at radius 3 is 2.58 bits per heavy atom. The quantitative estimate of drug-likeness (QED) is 0.549. The summed E-state index contributed by atoms with van der Waals surface area (Å²) in [5, 5.41) is 10.3. The van der Waals surface area contributed by atoms with Crippen LogP contribution in [0.3, 0.4) is 0 Å². The smallest absolute Gasteiger partial charge is 0.0798 e. The summed E-state index contributed by atoms with van der Waals surface area (Å²) >= 11 is 0. The predicted octanol–water partition coefficient (Wildman–Crippen LogP) is 0.936. The van der Waals surface area contributed by atoms with E-state index >= 15 is 0 Å². The summed E-state index contributed by atoms with van der Waals surface area (Å²) in [6, 6.07) is 0. The van der Waals surface area contributed by atoms with Gasteiger partial charge in [0.05, 0.1) is 18.8 Å². The summed E-state index contributed by atoms with van der Waals surface area (Å²) in [7, 11) is 1.69. The highest BCUT2D eigenvalue weighted by atomic mass is 16.5. The van der Waals surface area contributed by atoms with Crippen molar-refractivity contribution in [2.24, 2.45) is 11.7 Å². The third-order valence-corrected chi connectivity index (χ3v) is 3.90. The fourth-order valence-corrected chi connectivity index (χ4v) is 2.66. The molecule has 1 aliphatic rings. The van der Waals surface area contributed by atoms with Crippen LogP contribution < -0.4 is 5.73 Å². The number of hydrogen-bond donors (Lipinski definition) is 2. The van der Waals surface area contributed by atoms with Crippen LogP contribution in [0.2, 0.25) is 0 Å². The molecule has 2 unspecified atom stereocenters. The van der Waals surface area contributed by atoms with E-state index in [4.69, 9.17) is 19.9 Å². The molecule has 19 heavy (non-hydrogen) atoms. The summed E-state index contributed by atoms with van der Waals surface area (Å²) < 4.78 is 15.9. The molecule has 114 valence electrons. The van der Waals surface area contributed by atoms with Crippen LogP contribution in [0, 0.1) is 5.92 Å². The van der Waals surface area contributed by atoms with Crippen molar-refractivity contribution in [2.45, 2.75) is 37.7 Å². The molecular formula is C14H29NO4. The Balaban J connectivity index is 1.93. The van der Waals surface area contributed by atoms with Gasteiger partial charge in [0, 0.05) is 33.5 Å². The Bertz CT molecular complexity index is 227. The molecule has 0 spiro atoms. The summed E-state index contributed by atoms with van der Waals surface area (Å²) in [6.45, 7) is 3.72. The number of rotatable bonds is 11. The molecule has 0 heterocycles. The molecule has 1 saturated carbocycles. The van der Waals surface area contributed by atoms with E-state index in [9.17, 15) is 5.11 Å². The van der Waals surface area contributed by atoms with Crippen LogP contribution in [0.25, 0.3) is 0 Å². The second-order valence-corrected chi connectivity index (χ2v) is 5.26. The van der Waals surface area contributed by atoms with Crippen LogP contribution in [0.15, 0.2) is 0 Å². The summed E-state index contributed by atoms with van der Waals surface area (Å²) in [6.07, 6.45) is 4.77. The summed E-state index contributed by atoms with van der Waals surface area (Å²) in [4.78, 5) is 0. The van der Waals surface area contributed by atoms with E-state index in [1.165, 1.54) is 0 Å². The van der Waals surface area contributed by atoms with E-state index in [0.29, 0.717) is 38.9 Å². The lowest BCUT2D eigenvalue weighted by molar-refractivity contribution is -0.0111. The average molecular weight is 275 g/mol. The van der Waals surface area contributed by atoms with Crippen molar-refractivity contribution < 1.29 is 19.3 Å². The van der Waals surface area contributed by atoms with Gasteiger partial charge in [-0.2, -0.15) is 0 Å². The zero-order chi connectivity index (χ0) is 14.0. The number of hydrogen-bond acceptors (Lipinski definition) is 5. The minimum Gasteiger partial charge on any atom is -0.388 e. The SMILES string of the molecule is COCCCOCCOCCC1CCCC1(O)CN. The van der Waals surface area contributed by atoms with Gasteiger partial charge < -0.3 is 25.1 Å². The summed E-state index contributed by atoms with van der Waals surface area (Å²) in [5.74, 6) is 0.292. The largest absolute Gasteiger partial charge is 0.388 e. The standard InChI is InChI=1S/C14H29NO4/c1-17-7-3-8-18-10-11-19-9-5-13-4-2-6-14(13,16)12-15/h13,16H,2-12,15H2,1H3. The first-order valence-electron chi connectivity index (χ1n) is 7.30. The maximum absolute atomic E-state index is 10.3. The van der Waals surface area contributed by atoms with Gasteiger partial charge in [0.25, 0.3) is 0 Å². The van der Waals surface area contributed by atoms with Crippen LogP contribution in [0.4, 0.5) is 0 Å². The number of methoxy groups -OCH3 is 1. The van der Waals surface area contributed by atoms with Crippen LogP contribution >= 0.6 is 0 Å². The van der Waals surface area contributed by atoms with Gasteiger partial charge in [-0.1, -0.05) is 6.42 Å². The fraction of sp³-hybridized carbons (Fsp3) is 1.00. The Labute approximate surface area is 116 Å². The highest BCUT2D eigenvalue weighted by Crippen LogP contribution is 2.36. The molecule has 2 atom stereocenters. The van der Waals surface area contributed by atoms with E-state index < -0.39 is 5.60 Å². The molecular weight excluding hydrogens is 246 g/mol. The third-order valence-electron chi connectivity index (χ3n) is 3.90. The predicted molar refractivity (Wildman–Crippen MR) is 74.1 cm³/mol. The van der Waals surface area contributed by atoms with E-state index in [0.717, 1.165) is 38.7 Å². The lowest BCUT2D eigenvalue weighted by Gasteiger charge is -2.28. The molecule has 1 fully saturated rings. The molecule has 0 aromatic rings. The van der Waals surface area contributed by atoms with E-state index in [2.05, 4.69) is 0 Å². The maximum Gasteiger partial charge on any atom is 0.0798 e. The lowest BCUT2D eigenvalue weighted by Crippen LogP contribution is -2.41. The zero-order valence-electron chi connectivity index (χ0n) is 12.1. The van der Waals surface area contributed by atoms with E-state index in [-0.39, 0.29) is 0 Å². The van der Waals surface area contributed by atoms with Crippen molar-refractivity contribution in [2.75, 3.05) is 46.7 Å². The number of aliphatic hydroxyl groups is 1. The van der Waals surface area contributed by atoms with Crippen LogP contribution in [0.1, 0.15) is 32.1 Å². The molecule has 0 amide bonds. The van der Waals surface area contributed by atoms with Gasteiger partial charge in [0.2, 0.25) is 0 Å². The summed E-state index contributed by atoms with van der Waals surface area (Å²) in [5.41, 5.74) is 4.99. The van der Waals surface area contributed by atoms with Gasteiger partial charge in [-0.3, -0.25) is 0 Å². The Morgan fingerprint density at radius 1 is 1.16 bits per heavy atom. The molecule has 0 bridgehead atoms. The molecule has 1 aliphatic carbocycles. The molecule has 0 saturated heterocycles. The van der Waals surface area contributed by atoms with Gasteiger partial charge in [0.15, 0.2) is 0 Å².